The highest BCUT2D eigenvalue weighted by atomic mass is 19.1. The number of carbonyl (C=O) groups is 1. The lowest BCUT2D eigenvalue weighted by Gasteiger charge is -2.36. The maximum atomic E-state index is 12.4. The third-order valence-electron chi connectivity index (χ3n) is 3.85. The molecule has 7 nitrogen and oxygen atoms in total. The monoisotopic (exact) mass is 352 g/mol. The molecule has 1 atom stereocenters. The highest BCUT2D eigenvalue weighted by Crippen LogP contribution is 2.41. The zero-order chi connectivity index (χ0) is 18.6. The summed E-state index contributed by atoms with van der Waals surface area (Å²) in [5, 5.41) is 5.58. The number of oxime groups is 1. The first-order valence-electron chi connectivity index (χ1n) is 7.60. The van der Waals surface area contributed by atoms with E-state index in [2.05, 4.69) is 9.89 Å². The van der Waals surface area contributed by atoms with Gasteiger partial charge in [0, 0.05) is 5.56 Å². The van der Waals surface area contributed by atoms with Crippen LogP contribution in [0, 0.1) is 6.92 Å². The molecule has 1 aromatic rings. The van der Waals surface area contributed by atoms with E-state index < -0.39 is 12.8 Å². The third-order valence-corrected chi connectivity index (χ3v) is 3.85. The molecule has 0 saturated heterocycles. The number of alkyl halides is 1. The number of aryl methyl sites for hydroxylation is 1. The van der Waals surface area contributed by atoms with E-state index in [1.54, 1.807) is 11.1 Å². The van der Waals surface area contributed by atoms with E-state index >= 15 is 0 Å². The molecular formula is C17H21FN2O5. The summed E-state index contributed by atoms with van der Waals surface area (Å²) in [6.07, 6.45) is 1.04. The Kier molecular flexibility index (Phi) is 5.84. The van der Waals surface area contributed by atoms with Gasteiger partial charge in [-0.15, -0.1) is 0 Å². The summed E-state index contributed by atoms with van der Waals surface area (Å²) in [6, 6.07) is 3.48. The van der Waals surface area contributed by atoms with Crippen molar-refractivity contribution in [1.82, 2.24) is 0 Å². The van der Waals surface area contributed by atoms with Gasteiger partial charge in [0.2, 0.25) is 6.86 Å². The molecule has 0 saturated carbocycles. The quantitative estimate of drug-likeness (QED) is 0.247. The zero-order valence-electron chi connectivity index (χ0n) is 14.8. The van der Waals surface area contributed by atoms with Gasteiger partial charge in [0.1, 0.15) is 25.0 Å². The molecular weight excluding hydrogens is 331 g/mol. The van der Waals surface area contributed by atoms with Gasteiger partial charge in [0.05, 0.1) is 18.5 Å². The predicted molar refractivity (Wildman–Crippen MR) is 90.9 cm³/mol. The van der Waals surface area contributed by atoms with E-state index in [4.69, 9.17) is 14.4 Å². The van der Waals surface area contributed by atoms with Crippen LogP contribution in [0.3, 0.4) is 0 Å². The first-order valence-corrected chi connectivity index (χ1v) is 7.60. The molecule has 2 aliphatic rings. The molecule has 1 unspecified atom stereocenters. The second-order valence-corrected chi connectivity index (χ2v) is 5.45. The summed E-state index contributed by atoms with van der Waals surface area (Å²) >= 11 is 0. The average Bonchev–Trinajstić information content (AvgIpc) is 2.61. The van der Waals surface area contributed by atoms with Crippen molar-refractivity contribution in [2.45, 2.75) is 26.8 Å². The second kappa shape index (κ2) is 7.87. The fourth-order valence-corrected chi connectivity index (χ4v) is 2.49. The first-order chi connectivity index (χ1) is 11.9. The van der Waals surface area contributed by atoms with Crippen LogP contribution in [0.4, 0.5) is 10.1 Å². The van der Waals surface area contributed by atoms with Gasteiger partial charge in [-0.2, -0.15) is 0 Å². The van der Waals surface area contributed by atoms with Crippen molar-refractivity contribution in [2.24, 2.45) is 5.16 Å². The minimum absolute atomic E-state index is 0.0784. The topological polar surface area (TPSA) is 69.6 Å². The van der Waals surface area contributed by atoms with E-state index in [9.17, 15) is 9.18 Å². The van der Waals surface area contributed by atoms with Crippen LogP contribution in [0.25, 0.3) is 5.57 Å². The molecule has 25 heavy (non-hydrogen) atoms. The molecule has 136 valence electrons. The van der Waals surface area contributed by atoms with Crippen LogP contribution in [0.1, 0.15) is 25.0 Å². The maximum absolute atomic E-state index is 12.4. The number of nitrogens with zero attached hydrogens (tertiary/aromatic N) is 2. The standard InChI is InChI=1S/C17H21FN2O5/c1-10-6-13-7-14(15(8-24-9-18)17(21)22-4)16(10)25-20(13)12(3)11(2)19-23-5/h6-8,12H,9H2,1-5H3. The van der Waals surface area contributed by atoms with Gasteiger partial charge in [-0.05, 0) is 38.5 Å². The summed E-state index contributed by atoms with van der Waals surface area (Å²) in [7, 11) is 2.72. The van der Waals surface area contributed by atoms with Crippen LogP contribution >= 0.6 is 0 Å². The van der Waals surface area contributed by atoms with Gasteiger partial charge in [-0.25, -0.2) is 14.2 Å². The van der Waals surface area contributed by atoms with E-state index in [1.807, 2.05) is 26.8 Å². The fraction of sp³-hybridized carbons (Fsp3) is 0.412. The van der Waals surface area contributed by atoms with E-state index in [0.29, 0.717) is 17.0 Å². The normalized spacial score (nSPS) is 14.9. The van der Waals surface area contributed by atoms with Crippen molar-refractivity contribution in [2.75, 3.05) is 26.1 Å². The molecule has 8 heteroatoms. The Morgan fingerprint density at radius 1 is 1.44 bits per heavy atom. The van der Waals surface area contributed by atoms with Crippen LogP contribution in [0.2, 0.25) is 0 Å². The summed E-state index contributed by atoms with van der Waals surface area (Å²) in [5.41, 5.74) is 2.81. The first kappa shape index (κ1) is 18.6. The van der Waals surface area contributed by atoms with Crippen LogP contribution in [-0.4, -0.2) is 38.8 Å². The number of hydrogen-bond donors (Lipinski definition) is 0. The van der Waals surface area contributed by atoms with Crippen LogP contribution < -0.4 is 9.90 Å². The number of halogens is 1. The molecule has 2 heterocycles. The molecule has 3 rings (SSSR count). The number of hydrogen-bond acceptors (Lipinski definition) is 7. The molecule has 2 bridgehead atoms. The van der Waals surface area contributed by atoms with Crippen molar-refractivity contribution in [3.05, 3.63) is 29.5 Å². The minimum Gasteiger partial charge on any atom is -0.470 e. The molecule has 1 aromatic carbocycles. The molecule has 0 spiro atoms. The summed E-state index contributed by atoms with van der Waals surface area (Å²) < 4.78 is 21.8. The van der Waals surface area contributed by atoms with Crippen LogP contribution in [-0.2, 0) is 19.1 Å². The summed E-state index contributed by atoms with van der Waals surface area (Å²) in [5.74, 6) is -0.181. The highest BCUT2D eigenvalue weighted by Gasteiger charge is 2.31. The third kappa shape index (κ3) is 3.67. The number of anilines is 1. The summed E-state index contributed by atoms with van der Waals surface area (Å²) in [6.45, 7) is 4.53. The molecule has 0 aliphatic carbocycles. The summed E-state index contributed by atoms with van der Waals surface area (Å²) in [4.78, 5) is 22.8. The average molecular weight is 352 g/mol. The number of methoxy groups -OCH3 is 1. The van der Waals surface area contributed by atoms with E-state index in [1.165, 1.54) is 14.2 Å². The van der Waals surface area contributed by atoms with Gasteiger partial charge in [-0.3, -0.25) is 0 Å². The molecule has 0 amide bonds. The Bertz CT molecular complexity index is 717. The Morgan fingerprint density at radius 2 is 2.16 bits per heavy atom. The predicted octanol–water partition coefficient (Wildman–Crippen LogP) is 2.98. The van der Waals surface area contributed by atoms with Crippen LogP contribution in [0.15, 0.2) is 23.6 Å². The number of rotatable bonds is 7. The highest BCUT2D eigenvalue weighted by molar-refractivity contribution is 6.17. The Morgan fingerprint density at radius 3 is 2.72 bits per heavy atom. The lowest BCUT2D eigenvalue weighted by molar-refractivity contribution is -0.133. The van der Waals surface area contributed by atoms with Gasteiger partial charge in [0.15, 0.2) is 5.75 Å². The lowest BCUT2D eigenvalue weighted by atomic mass is 9.99. The number of esters is 1. The molecule has 0 N–H and O–H groups in total. The SMILES string of the molecule is CON=C(C)C(C)N1Oc2c(C)cc1cc2C(=COCF)C(=O)OC. The van der Waals surface area contributed by atoms with E-state index in [0.717, 1.165) is 17.5 Å². The molecule has 2 aliphatic heterocycles. The van der Waals surface area contributed by atoms with E-state index in [-0.39, 0.29) is 11.6 Å². The van der Waals surface area contributed by atoms with Crippen molar-refractivity contribution in [3.63, 3.8) is 0 Å². The van der Waals surface area contributed by atoms with Gasteiger partial charge in [-0.1, -0.05) is 5.16 Å². The molecule has 0 aromatic heterocycles. The van der Waals surface area contributed by atoms with Crippen molar-refractivity contribution in [3.8, 4) is 5.75 Å². The number of benzene rings is 1. The maximum Gasteiger partial charge on any atom is 0.341 e. The molecule has 0 fully saturated rings. The smallest absolute Gasteiger partial charge is 0.341 e. The van der Waals surface area contributed by atoms with Crippen molar-refractivity contribution < 1.29 is 28.3 Å². The number of fused-ring (bicyclic) bond motifs is 3. The van der Waals surface area contributed by atoms with Gasteiger partial charge in [0.25, 0.3) is 0 Å². The van der Waals surface area contributed by atoms with Crippen LogP contribution in [0.5, 0.6) is 5.75 Å². The Balaban J connectivity index is 2.45. The number of hydroxylamine groups is 1. The van der Waals surface area contributed by atoms with Crippen molar-refractivity contribution in [1.29, 1.82) is 0 Å². The fourth-order valence-electron chi connectivity index (χ4n) is 2.49. The second-order valence-electron chi connectivity index (χ2n) is 5.45. The zero-order valence-corrected chi connectivity index (χ0v) is 14.8. The van der Waals surface area contributed by atoms with Gasteiger partial charge < -0.3 is 19.1 Å². The largest absolute Gasteiger partial charge is 0.470 e. The Hall–Kier alpha value is -2.77. The van der Waals surface area contributed by atoms with Gasteiger partial charge >= 0.3 is 5.97 Å². The Labute approximate surface area is 145 Å². The number of ether oxygens (including phenoxy) is 2. The van der Waals surface area contributed by atoms with Crippen molar-refractivity contribution >= 4 is 22.9 Å². The molecule has 0 radical (unpaired) electrons. The number of carbonyl (C=O) groups excluding carboxylic acids is 1. The minimum atomic E-state index is -1.05. The lowest BCUT2D eigenvalue weighted by Crippen LogP contribution is -2.43.